The van der Waals surface area contributed by atoms with Crippen LogP contribution >= 0.6 is 0 Å². The summed E-state index contributed by atoms with van der Waals surface area (Å²) in [5, 5.41) is 0. The first-order chi connectivity index (χ1) is 12.8. The van der Waals surface area contributed by atoms with E-state index in [9.17, 15) is 18.0 Å². The Morgan fingerprint density at radius 3 is 2.59 bits per heavy atom. The van der Waals surface area contributed by atoms with Crippen molar-refractivity contribution in [3.8, 4) is 0 Å². The van der Waals surface area contributed by atoms with Crippen molar-refractivity contribution in [2.75, 3.05) is 32.4 Å². The standard InChI is InChI=1S/C19H24N2O5S/c1-27(24,25)21-11-7-14(8-12-21)17(22)20-10-4-9-19(13-20)16-6-3-2-5-15(16)18(23)26-19/h2-3,5-6,14H,4,7-13H2,1H3. The average molecular weight is 392 g/mol. The van der Waals surface area contributed by atoms with E-state index in [0.717, 1.165) is 12.0 Å². The van der Waals surface area contributed by atoms with Crippen molar-refractivity contribution in [2.45, 2.75) is 31.3 Å². The molecule has 1 aromatic rings. The van der Waals surface area contributed by atoms with Crippen LogP contribution in [0.3, 0.4) is 0 Å². The van der Waals surface area contributed by atoms with Gasteiger partial charge < -0.3 is 9.64 Å². The molecule has 0 aromatic heterocycles. The van der Waals surface area contributed by atoms with Gasteiger partial charge in [-0.2, -0.15) is 0 Å². The van der Waals surface area contributed by atoms with Gasteiger partial charge in [-0.25, -0.2) is 17.5 Å². The number of nitrogens with zero attached hydrogens (tertiary/aromatic N) is 2. The van der Waals surface area contributed by atoms with Crippen molar-refractivity contribution >= 4 is 21.9 Å². The van der Waals surface area contributed by atoms with E-state index in [1.165, 1.54) is 10.6 Å². The van der Waals surface area contributed by atoms with Gasteiger partial charge in [0.25, 0.3) is 0 Å². The number of rotatable bonds is 2. The lowest BCUT2D eigenvalue weighted by Gasteiger charge is -2.41. The van der Waals surface area contributed by atoms with Crippen molar-refractivity contribution in [1.82, 2.24) is 9.21 Å². The van der Waals surface area contributed by atoms with Gasteiger partial charge >= 0.3 is 5.97 Å². The number of esters is 1. The van der Waals surface area contributed by atoms with Crippen LogP contribution in [0, 0.1) is 5.92 Å². The number of benzene rings is 1. The van der Waals surface area contributed by atoms with Gasteiger partial charge in [0.15, 0.2) is 5.60 Å². The van der Waals surface area contributed by atoms with E-state index in [-0.39, 0.29) is 17.8 Å². The fourth-order valence-electron chi connectivity index (χ4n) is 4.55. The van der Waals surface area contributed by atoms with Crippen LogP contribution in [-0.2, 0) is 25.2 Å². The van der Waals surface area contributed by atoms with Crippen LogP contribution in [0.2, 0.25) is 0 Å². The van der Waals surface area contributed by atoms with Crippen LogP contribution in [0.4, 0.5) is 0 Å². The van der Waals surface area contributed by atoms with E-state index < -0.39 is 15.6 Å². The quantitative estimate of drug-likeness (QED) is 0.710. The highest BCUT2D eigenvalue weighted by Crippen LogP contribution is 2.43. The fourth-order valence-corrected chi connectivity index (χ4v) is 5.43. The predicted molar refractivity (Wildman–Crippen MR) is 98.5 cm³/mol. The third kappa shape index (κ3) is 3.25. The van der Waals surface area contributed by atoms with Crippen LogP contribution in [0.15, 0.2) is 24.3 Å². The Balaban J connectivity index is 1.48. The number of piperidine rings is 2. The second-order valence-electron chi connectivity index (χ2n) is 7.73. The number of ether oxygens (including phenoxy) is 1. The molecule has 1 amide bonds. The maximum absolute atomic E-state index is 13.1. The highest BCUT2D eigenvalue weighted by Gasteiger charge is 2.49. The summed E-state index contributed by atoms with van der Waals surface area (Å²) in [5.74, 6) is -0.450. The number of fused-ring (bicyclic) bond motifs is 2. The van der Waals surface area contributed by atoms with Gasteiger partial charge in [0.2, 0.25) is 15.9 Å². The number of carbonyl (C=O) groups excluding carboxylic acids is 2. The molecule has 1 unspecified atom stereocenters. The normalized spacial score (nSPS) is 26.9. The highest BCUT2D eigenvalue weighted by atomic mass is 32.2. The number of carbonyl (C=O) groups is 2. The van der Waals surface area contributed by atoms with E-state index in [1.54, 1.807) is 11.0 Å². The number of hydrogen-bond donors (Lipinski definition) is 0. The van der Waals surface area contributed by atoms with Gasteiger partial charge in [0.05, 0.1) is 18.4 Å². The lowest BCUT2D eigenvalue weighted by Crippen LogP contribution is -2.52. The molecule has 4 rings (SSSR count). The van der Waals surface area contributed by atoms with E-state index >= 15 is 0 Å². The van der Waals surface area contributed by atoms with Gasteiger partial charge in [-0.1, -0.05) is 18.2 Å². The summed E-state index contributed by atoms with van der Waals surface area (Å²) in [4.78, 5) is 27.1. The summed E-state index contributed by atoms with van der Waals surface area (Å²) in [7, 11) is -3.21. The average Bonchev–Trinajstić information content (AvgIpc) is 2.92. The van der Waals surface area contributed by atoms with Crippen LogP contribution < -0.4 is 0 Å². The van der Waals surface area contributed by atoms with Crippen LogP contribution in [0.1, 0.15) is 41.6 Å². The molecular weight excluding hydrogens is 368 g/mol. The molecule has 2 saturated heterocycles. The summed E-state index contributed by atoms with van der Waals surface area (Å²) < 4.78 is 30.5. The smallest absolute Gasteiger partial charge is 0.339 e. The molecule has 1 spiro atoms. The zero-order valence-corrected chi connectivity index (χ0v) is 16.2. The van der Waals surface area contributed by atoms with Crippen molar-refractivity contribution in [2.24, 2.45) is 5.92 Å². The molecule has 0 radical (unpaired) electrons. The second-order valence-corrected chi connectivity index (χ2v) is 9.71. The van der Waals surface area contributed by atoms with Crippen molar-refractivity contribution in [1.29, 1.82) is 0 Å². The molecule has 3 aliphatic heterocycles. The number of hydrogen-bond acceptors (Lipinski definition) is 5. The van der Waals surface area contributed by atoms with Gasteiger partial charge in [0.1, 0.15) is 0 Å². The Morgan fingerprint density at radius 1 is 1.19 bits per heavy atom. The maximum atomic E-state index is 13.1. The Kier molecular flexibility index (Phi) is 4.50. The molecular formula is C19H24N2O5S. The molecule has 146 valence electrons. The number of sulfonamides is 1. The SMILES string of the molecule is CS(=O)(=O)N1CCC(C(=O)N2CCCC3(C2)OC(=O)c2ccccc23)CC1. The Labute approximate surface area is 159 Å². The second kappa shape index (κ2) is 6.60. The summed E-state index contributed by atoms with van der Waals surface area (Å²) in [6.45, 7) is 1.78. The largest absolute Gasteiger partial charge is 0.449 e. The first kappa shape index (κ1) is 18.4. The third-order valence-corrected chi connectivity index (χ3v) is 7.27. The van der Waals surface area contributed by atoms with E-state index in [0.29, 0.717) is 51.0 Å². The first-order valence-electron chi connectivity index (χ1n) is 9.37. The molecule has 0 N–H and O–H groups in total. The van der Waals surface area contributed by atoms with Crippen LogP contribution in [0.25, 0.3) is 0 Å². The molecule has 2 fully saturated rings. The maximum Gasteiger partial charge on any atom is 0.339 e. The molecule has 27 heavy (non-hydrogen) atoms. The highest BCUT2D eigenvalue weighted by molar-refractivity contribution is 7.88. The molecule has 3 heterocycles. The van der Waals surface area contributed by atoms with Crippen molar-refractivity contribution < 1.29 is 22.7 Å². The number of likely N-dealkylation sites (tertiary alicyclic amines) is 1. The van der Waals surface area contributed by atoms with E-state index in [4.69, 9.17) is 4.74 Å². The summed E-state index contributed by atoms with van der Waals surface area (Å²) >= 11 is 0. The Bertz CT molecular complexity index is 876. The molecule has 8 heteroatoms. The Morgan fingerprint density at radius 2 is 1.89 bits per heavy atom. The van der Waals surface area contributed by atoms with Gasteiger partial charge in [-0.3, -0.25) is 4.79 Å². The van der Waals surface area contributed by atoms with E-state index in [2.05, 4.69) is 0 Å². The minimum Gasteiger partial charge on any atom is -0.449 e. The van der Waals surface area contributed by atoms with Crippen LogP contribution in [-0.4, -0.2) is 61.9 Å². The molecule has 0 saturated carbocycles. The summed E-state index contributed by atoms with van der Waals surface area (Å²) in [6.07, 6.45) is 3.76. The van der Waals surface area contributed by atoms with E-state index in [1.807, 2.05) is 18.2 Å². The third-order valence-electron chi connectivity index (χ3n) is 5.96. The molecule has 1 aromatic carbocycles. The first-order valence-corrected chi connectivity index (χ1v) is 11.2. The lowest BCUT2D eigenvalue weighted by molar-refractivity contribution is -0.144. The fraction of sp³-hybridized carbons (Fsp3) is 0.579. The minimum absolute atomic E-state index is 0.0441. The summed E-state index contributed by atoms with van der Waals surface area (Å²) in [5.41, 5.74) is 0.724. The predicted octanol–water partition coefficient (Wildman–Crippen LogP) is 1.35. The lowest BCUT2D eigenvalue weighted by atomic mass is 9.84. The number of amides is 1. The molecule has 3 aliphatic rings. The van der Waals surface area contributed by atoms with Gasteiger partial charge in [0, 0.05) is 31.1 Å². The molecule has 0 bridgehead atoms. The topological polar surface area (TPSA) is 84.0 Å². The van der Waals surface area contributed by atoms with Gasteiger partial charge in [-0.15, -0.1) is 0 Å². The monoisotopic (exact) mass is 392 g/mol. The zero-order valence-electron chi connectivity index (χ0n) is 15.4. The minimum atomic E-state index is -3.21. The molecule has 0 aliphatic carbocycles. The molecule has 7 nitrogen and oxygen atoms in total. The van der Waals surface area contributed by atoms with Crippen molar-refractivity contribution in [3.05, 3.63) is 35.4 Å². The van der Waals surface area contributed by atoms with Gasteiger partial charge in [-0.05, 0) is 31.7 Å². The van der Waals surface area contributed by atoms with Crippen LogP contribution in [0.5, 0.6) is 0 Å². The molecule has 1 atom stereocenters. The van der Waals surface area contributed by atoms with Crippen molar-refractivity contribution in [3.63, 3.8) is 0 Å². The zero-order chi connectivity index (χ0) is 19.2. The summed E-state index contributed by atoms with van der Waals surface area (Å²) in [6, 6.07) is 7.40. The Hall–Kier alpha value is -1.93.